The smallest absolute Gasteiger partial charge is 0.221 e. The molecule has 0 spiro atoms. The van der Waals surface area contributed by atoms with Gasteiger partial charge in [-0.2, -0.15) is 0 Å². The number of ketones is 1. The van der Waals surface area contributed by atoms with Crippen molar-refractivity contribution in [3.63, 3.8) is 0 Å². The van der Waals surface area contributed by atoms with Gasteiger partial charge in [0.25, 0.3) is 0 Å². The highest BCUT2D eigenvalue weighted by Crippen LogP contribution is 2.10. The van der Waals surface area contributed by atoms with Crippen LogP contribution in [-0.4, -0.2) is 43.3 Å². The number of amides is 1. The standard InChI is InChI=1S/C16H24N2O2/c1-5-13-6-8-14(9-7-13)16(20)12(2)18(4)11-10-15(19)17-3/h6-9,12H,5,10-11H2,1-4H3,(H,17,19). The van der Waals surface area contributed by atoms with Crippen LogP contribution in [0.15, 0.2) is 24.3 Å². The lowest BCUT2D eigenvalue weighted by atomic mass is 10.0. The Hall–Kier alpha value is -1.68. The number of aryl methyl sites for hydroxylation is 1. The third-order valence-electron chi connectivity index (χ3n) is 3.66. The maximum absolute atomic E-state index is 12.4. The minimum absolute atomic E-state index is 0.0104. The molecule has 1 aromatic carbocycles. The highest BCUT2D eigenvalue weighted by atomic mass is 16.1. The number of nitrogens with one attached hydrogen (secondary N) is 1. The fourth-order valence-electron chi connectivity index (χ4n) is 1.94. The summed E-state index contributed by atoms with van der Waals surface area (Å²) < 4.78 is 0. The number of carbonyl (C=O) groups excluding carboxylic acids is 2. The Morgan fingerprint density at radius 2 is 1.85 bits per heavy atom. The molecule has 0 heterocycles. The number of carbonyl (C=O) groups is 2. The molecule has 4 nitrogen and oxygen atoms in total. The van der Waals surface area contributed by atoms with Crippen LogP contribution in [0.1, 0.15) is 36.2 Å². The third-order valence-corrected chi connectivity index (χ3v) is 3.66. The first kappa shape index (κ1) is 16.4. The first-order valence-electron chi connectivity index (χ1n) is 7.03. The molecular weight excluding hydrogens is 252 g/mol. The van der Waals surface area contributed by atoms with Gasteiger partial charge >= 0.3 is 0 Å². The van der Waals surface area contributed by atoms with Crippen molar-refractivity contribution >= 4 is 11.7 Å². The summed E-state index contributed by atoms with van der Waals surface area (Å²) in [5.74, 6) is 0.0795. The van der Waals surface area contributed by atoms with E-state index in [0.29, 0.717) is 13.0 Å². The molecule has 1 atom stereocenters. The van der Waals surface area contributed by atoms with Crippen molar-refractivity contribution < 1.29 is 9.59 Å². The van der Waals surface area contributed by atoms with Crippen LogP contribution in [0, 0.1) is 0 Å². The lowest BCUT2D eigenvalue weighted by Crippen LogP contribution is -2.38. The Morgan fingerprint density at radius 1 is 1.25 bits per heavy atom. The van der Waals surface area contributed by atoms with E-state index in [1.54, 1.807) is 7.05 Å². The monoisotopic (exact) mass is 276 g/mol. The van der Waals surface area contributed by atoms with E-state index in [9.17, 15) is 9.59 Å². The number of rotatable bonds is 7. The zero-order valence-electron chi connectivity index (χ0n) is 12.8. The van der Waals surface area contributed by atoms with E-state index in [1.165, 1.54) is 5.56 Å². The molecule has 0 saturated carbocycles. The van der Waals surface area contributed by atoms with Crippen molar-refractivity contribution in [2.24, 2.45) is 0 Å². The van der Waals surface area contributed by atoms with Crippen LogP contribution in [0.3, 0.4) is 0 Å². The fraction of sp³-hybridized carbons (Fsp3) is 0.500. The quantitative estimate of drug-likeness (QED) is 0.774. The van der Waals surface area contributed by atoms with Crippen molar-refractivity contribution in [2.45, 2.75) is 32.7 Å². The van der Waals surface area contributed by atoms with Crippen molar-refractivity contribution in [1.29, 1.82) is 0 Å². The van der Waals surface area contributed by atoms with Gasteiger partial charge in [-0.15, -0.1) is 0 Å². The SMILES string of the molecule is CCc1ccc(C(=O)C(C)N(C)CCC(=O)NC)cc1. The first-order valence-corrected chi connectivity index (χ1v) is 7.03. The summed E-state index contributed by atoms with van der Waals surface area (Å²) in [5, 5.41) is 2.58. The molecule has 1 amide bonds. The summed E-state index contributed by atoms with van der Waals surface area (Å²) in [6.45, 7) is 4.53. The van der Waals surface area contributed by atoms with Crippen LogP contribution in [0.2, 0.25) is 0 Å². The molecule has 0 radical (unpaired) electrons. The van der Waals surface area contributed by atoms with E-state index in [2.05, 4.69) is 12.2 Å². The van der Waals surface area contributed by atoms with Gasteiger partial charge in [0, 0.05) is 25.6 Å². The van der Waals surface area contributed by atoms with E-state index in [0.717, 1.165) is 12.0 Å². The number of benzene rings is 1. The minimum atomic E-state index is -0.230. The van der Waals surface area contributed by atoms with Gasteiger partial charge in [-0.05, 0) is 26.0 Å². The van der Waals surface area contributed by atoms with E-state index >= 15 is 0 Å². The molecule has 110 valence electrons. The van der Waals surface area contributed by atoms with Crippen molar-refractivity contribution in [1.82, 2.24) is 10.2 Å². The molecule has 0 aromatic heterocycles. The topological polar surface area (TPSA) is 49.4 Å². The van der Waals surface area contributed by atoms with E-state index in [4.69, 9.17) is 0 Å². The average Bonchev–Trinajstić information content (AvgIpc) is 2.50. The highest BCUT2D eigenvalue weighted by molar-refractivity contribution is 5.99. The number of likely N-dealkylation sites (N-methyl/N-ethyl adjacent to an activating group) is 1. The summed E-state index contributed by atoms with van der Waals surface area (Å²) in [5.41, 5.74) is 1.95. The Bertz CT molecular complexity index is 454. The second kappa shape index (κ2) is 7.80. The van der Waals surface area contributed by atoms with Gasteiger partial charge in [-0.1, -0.05) is 31.2 Å². The molecule has 0 fully saturated rings. The van der Waals surface area contributed by atoms with Crippen LogP contribution >= 0.6 is 0 Å². The highest BCUT2D eigenvalue weighted by Gasteiger charge is 2.19. The molecule has 0 aliphatic rings. The zero-order valence-corrected chi connectivity index (χ0v) is 12.8. The van der Waals surface area contributed by atoms with E-state index < -0.39 is 0 Å². The van der Waals surface area contributed by atoms with Crippen molar-refractivity contribution in [3.8, 4) is 0 Å². The molecule has 1 aromatic rings. The molecule has 1 rings (SSSR count). The van der Waals surface area contributed by atoms with Crippen LogP contribution in [0.4, 0.5) is 0 Å². The number of Topliss-reactive ketones (excluding diaryl/α,β-unsaturated/α-hetero) is 1. The maximum Gasteiger partial charge on any atom is 0.221 e. The van der Waals surface area contributed by atoms with E-state index in [-0.39, 0.29) is 17.7 Å². The van der Waals surface area contributed by atoms with Gasteiger partial charge in [-0.25, -0.2) is 0 Å². The predicted octanol–water partition coefficient (Wildman–Crippen LogP) is 1.89. The van der Waals surface area contributed by atoms with Gasteiger partial charge in [0.2, 0.25) is 5.91 Å². The normalized spacial score (nSPS) is 12.2. The molecule has 4 heteroatoms. The molecule has 20 heavy (non-hydrogen) atoms. The summed E-state index contributed by atoms with van der Waals surface area (Å²) in [6, 6.07) is 7.51. The Labute approximate surface area is 121 Å². The number of hydrogen-bond donors (Lipinski definition) is 1. The zero-order chi connectivity index (χ0) is 15.1. The summed E-state index contributed by atoms with van der Waals surface area (Å²) in [7, 11) is 3.48. The molecule has 0 aliphatic heterocycles. The van der Waals surface area contributed by atoms with Crippen LogP contribution in [-0.2, 0) is 11.2 Å². The average molecular weight is 276 g/mol. The Morgan fingerprint density at radius 3 is 2.35 bits per heavy atom. The van der Waals surface area contributed by atoms with Gasteiger partial charge in [0.15, 0.2) is 5.78 Å². The molecule has 0 aliphatic carbocycles. The Kier molecular flexibility index (Phi) is 6.39. The van der Waals surface area contributed by atoms with Crippen molar-refractivity contribution in [2.75, 3.05) is 20.6 Å². The summed E-state index contributed by atoms with van der Waals surface area (Å²) in [6.07, 6.45) is 1.37. The van der Waals surface area contributed by atoms with Crippen LogP contribution in [0.25, 0.3) is 0 Å². The Balaban J connectivity index is 2.62. The first-order chi connectivity index (χ1) is 9.49. The maximum atomic E-state index is 12.4. The van der Waals surface area contributed by atoms with Gasteiger partial charge in [-0.3, -0.25) is 14.5 Å². The minimum Gasteiger partial charge on any atom is -0.359 e. The second-order valence-corrected chi connectivity index (χ2v) is 4.99. The summed E-state index contributed by atoms with van der Waals surface area (Å²) >= 11 is 0. The van der Waals surface area contributed by atoms with E-state index in [1.807, 2.05) is 43.1 Å². The number of nitrogens with zero attached hydrogens (tertiary/aromatic N) is 1. The molecular formula is C16H24N2O2. The number of hydrogen-bond acceptors (Lipinski definition) is 3. The van der Waals surface area contributed by atoms with Crippen molar-refractivity contribution in [3.05, 3.63) is 35.4 Å². The predicted molar refractivity (Wildman–Crippen MR) is 80.9 cm³/mol. The van der Waals surface area contributed by atoms with Crippen LogP contribution in [0.5, 0.6) is 0 Å². The lowest BCUT2D eigenvalue weighted by Gasteiger charge is -2.23. The lowest BCUT2D eigenvalue weighted by molar-refractivity contribution is -0.120. The molecule has 0 bridgehead atoms. The molecule has 1 unspecified atom stereocenters. The van der Waals surface area contributed by atoms with Gasteiger partial charge < -0.3 is 5.32 Å². The third kappa shape index (κ3) is 4.46. The van der Waals surface area contributed by atoms with Gasteiger partial charge in [0.05, 0.1) is 6.04 Å². The molecule has 1 N–H and O–H groups in total. The summed E-state index contributed by atoms with van der Waals surface area (Å²) in [4.78, 5) is 25.5. The fourth-order valence-corrected chi connectivity index (χ4v) is 1.94. The largest absolute Gasteiger partial charge is 0.359 e. The molecule has 0 saturated heterocycles. The second-order valence-electron chi connectivity index (χ2n) is 4.99. The van der Waals surface area contributed by atoms with Crippen LogP contribution < -0.4 is 5.32 Å². The van der Waals surface area contributed by atoms with Gasteiger partial charge in [0.1, 0.15) is 0 Å².